The van der Waals surface area contributed by atoms with Gasteiger partial charge in [0.25, 0.3) is 0 Å². The molecule has 5 nitrogen and oxygen atoms in total. The summed E-state index contributed by atoms with van der Waals surface area (Å²) in [7, 11) is 1.92. The summed E-state index contributed by atoms with van der Waals surface area (Å²) in [4.78, 5) is 23.7. The first-order valence-electron chi connectivity index (χ1n) is 5.99. The van der Waals surface area contributed by atoms with E-state index in [2.05, 4.69) is 0 Å². The second-order valence-corrected chi connectivity index (χ2v) is 4.78. The number of primary amides is 1. The van der Waals surface area contributed by atoms with Crippen LogP contribution in [-0.2, 0) is 11.2 Å². The lowest BCUT2D eigenvalue weighted by Gasteiger charge is -2.15. The number of nitrogens with two attached hydrogens (primary N) is 1. The van der Waals surface area contributed by atoms with Crippen molar-refractivity contribution in [2.75, 3.05) is 20.1 Å². The molecule has 6 heteroatoms. The highest BCUT2D eigenvalue weighted by Gasteiger charge is 2.06. The maximum absolute atomic E-state index is 11.2. The fourth-order valence-electron chi connectivity index (χ4n) is 1.58. The van der Waals surface area contributed by atoms with Gasteiger partial charge in [-0.1, -0.05) is 23.7 Å². The minimum absolute atomic E-state index is 0.250. The molecule has 0 heterocycles. The molecule has 104 valence electrons. The number of rotatable bonds is 6. The summed E-state index contributed by atoms with van der Waals surface area (Å²) in [5, 5.41) is 2.76. The van der Waals surface area contributed by atoms with Crippen molar-refractivity contribution in [3.05, 3.63) is 34.9 Å². The molecule has 1 rings (SSSR count). The van der Waals surface area contributed by atoms with E-state index in [0.717, 1.165) is 18.0 Å². The van der Waals surface area contributed by atoms with Gasteiger partial charge in [0.1, 0.15) is 0 Å². The van der Waals surface area contributed by atoms with E-state index in [0.29, 0.717) is 6.54 Å². The van der Waals surface area contributed by atoms with Gasteiger partial charge in [-0.3, -0.25) is 10.1 Å². The molecule has 0 spiro atoms. The van der Waals surface area contributed by atoms with E-state index in [-0.39, 0.29) is 12.3 Å². The number of imide groups is 1. The van der Waals surface area contributed by atoms with Gasteiger partial charge >= 0.3 is 6.03 Å². The first kappa shape index (κ1) is 15.5. The van der Waals surface area contributed by atoms with Gasteiger partial charge in [-0.15, -0.1) is 0 Å². The molecule has 0 bridgehead atoms. The van der Waals surface area contributed by atoms with E-state index < -0.39 is 6.03 Å². The Hall–Kier alpha value is -1.59. The first-order chi connectivity index (χ1) is 8.97. The number of benzene rings is 1. The zero-order valence-electron chi connectivity index (χ0n) is 10.9. The minimum Gasteiger partial charge on any atom is -0.351 e. The zero-order valence-corrected chi connectivity index (χ0v) is 11.6. The quantitative estimate of drug-likeness (QED) is 0.829. The van der Waals surface area contributed by atoms with Crippen molar-refractivity contribution in [1.29, 1.82) is 0 Å². The lowest BCUT2D eigenvalue weighted by molar-refractivity contribution is -0.120. The van der Waals surface area contributed by atoms with Crippen LogP contribution < -0.4 is 11.1 Å². The van der Waals surface area contributed by atoms with Gasteiger partial charge in [0, 0.05) is 24.5 Å². The monoisotopic (exact) mass is 283 g/mol. The summed E-state index contributed by atoms with van der Waals surface area (Å²) in [5.41, 5.74) is 6.04. The molecule has 0 aliphatic heterocycles. The first-order valence-corrected chi connectivity index (χ1v) is 6.37. The Morgan fingerprint density at radius 3 is 2.47 bits per heavy atom. The average molecular weight is 284 g/mol. The van der Waals surface area contributed by atoms with Crippen LogP contribution in [0.1, 0.15) is 12.0 Å². The maximum atomic E-state index is 11.2. The van der Waals surface area contributed by atoms with Crippen molar-refractivity contribution in [2.24, 2.45) is 5.73 Å². The second-order valence-electron chi connectivity index (χ2n) is 4.34. The molecule has 0 saturated carbocycles. The highest BCUT2D eigenvalue weighted by atomic mass is 35.5. The molecule has 0 saturated heterocycles. The van der Waals surface area contributed by atoms with Gasteiger partial charge in [0.2, 0.25) is 5.91 Å². The van der Waals surface area contributed by atoms with Crippen LogP contribution in [0, 0.1) is 0 Å². The number of urea groups is 1. The summed E-state index contributed by atoms with van der Waals surface area (Å²) < 4.78 is 0. The fourth-order valence-corrected chi connectivity index (χ4v) is 1.70. The number of likely N-dealkylation sites (N-methyl/N-ethyl adjacent to an activating group) is 1. The van der Waals surface area contributed by atoms with E-state index in [4.69, 9.17) is 17.3 Å². The van der Waals surface area contributed by atoms with Gasteiger partial charge in [0.15, 0.2) is 0 Å². The van der Waals surface area contributed by atoms with Gasteiger partial charge in [0.05, 0.1) is 0 Å². The maximum Gasteiger partial charge on any atom is 0.318 e. The molecule has 0 fully saturated rings. The van der Waals surface area contributed by atoms with Crippen LogP contribution in [0.2, 0.25) is 5.02 Å². The Morgan fingerprint density at radius 2 is 1.89 bits per heavy atom. The summed E-state index contributed by atoms with van der Waals surface area (Å²) in [6.45, 7) is 1.40. The Kier molecular flexibility index (Phi) is 6.32. The molecule has 0 radical (unpaired) electrons. The minimum atomic E-state index is -0.811. The highest BCUT2D eigenvalue weighted by molar-refractivity contribution is 6.30. The Balaban J connectivity index is 2.24. The number of nitrogens with one attached hydrogen (secondary N) is 1. The molecule has 3 amide bonds. The molecule has 0 aromatic heterocycles. The largest absolute Gasteiger partial charge is 0.351 e. The van der Waals surface area contributed by atoms with Crippen LogP contribution in [0.5, 0.6) is 0 Å². The Bertz CT molecular complexity index is 434. The van der Waals surface area contributed by atoms with Crippen molar-refractivity contribution in [2.45, 2.75) is 12.8 Å². The Morgan fingerprint density at radius 1 is 1.26 bits per heavy atom. The molecule has 0 atom stereocenters. The SMILES string of the molecule is CN(CCC(=O)NC(N)=O)CCc1ccc(Cl)cc1. The number of carbonyl (C=O) groups excluding carboxylic acids is 2. The number of carbonyl (C=O) groups is 2. The van der Waals surface area contributed by atoms with Crippen LogP contribution >= 0.6 is 11.6 Å². The van der Waals surface area contributed by atoms with Crippen molar-refractivity contribution < 1.29 is 9.59 Å². The predicted molar refractivity (Wildman–Crippen MR) is 75.0 cm³/mol. The predicted octanol–water partition coefficient (Wildman–Crippen LogP) is 1.40. The van der Waals surface area contributed by atoms with Crippen molar-refractivity contribution in [3.8, 4) is 0 Å². The normalized spacial score (nSPS) is 10.5. The van der Waals surface area contributed by atoms with Crippen LogP contribution in [0.4, 0.5) is 4.79 Å². The molecule has 0 unspecified atom stereocenters. The number of hydrogen-bond donors (Lipinski definition) is 2. The molecule has 1 aromatic carbocycles. The lowest BCUT2D eigenvalue weighted by Crippen LogP contribution is -2.37. The van der Waals surface area contributed by atoms with E-state index in [1.165, 1.54) is 5.56 Å². The third-order valence-corrected chi connectivity index (χ3v) is 2.93. The van der Waals surface area contributed by atoms with E-state index >= 15 is 0 Å². The molecule has 0 aliphatic carbocycles. The third kappa shape index (κ3) is 6.79. The summed E-state index contributed by atoms with van der Waals surface area (Å²) in [6.07, 6.45) is 1.13. The number of nitrogens with zero attached hydrogens (tertiary/aromatic N) is 1. The topological polar surface area (TPSA) is 75.4 Å². The molecule has 3 N–H and O–H groups in total. The summed E-state index contributed by atoms with van der Waals surface area (Å²) >= 11 is 5.81. The smallest absolute Gasteiger partial charge is 0.318 e. The van der Waals surface area contributed by atoms with E-state index in [9.17, 15) is 9.59 Å². The van der Waals surface area contributed by atoms with Crippen molar-refractivity contribution in [3.63, 3.8) is 0 Å². The number of amides is 3. The van der Waals surface area contributed by atoms with Crippen LogP contribution in [0.3, 0.4) is 0 Å². The lowest BCUT2D eigenvalue weighted by atomic mass is 10.1. The molecule has 19 heavy (non-hydrogen) atoms. The standard InChI is InChI=1S/C13H18ClN3O2/c1-17(9-7-12(18)16-13(15)19)8-6-10-2-4-11(14)5-3-10/h2-5H,6-9H2,1H3,(H3,15,16,18,19). The molecule has 0 aliphatic rings. The van der Waals surface area contributed by atoms with Gasteiger partial charge in [-0.25, -0.2) is 4.79 Å². The van der Waals surface area contributed by atoms with Crippen molar-refractivity contribution in [1.82, 2.24) is 10.2 Å². The van der Waals surface area contributed by atoms with Gasteiger partial charge in [-0.2, -0.15) is 0 Å². The zero-order chi connectivity index (χ0) is 14.3. The second kappa shape index (κ2) is 7.76. The number of halogens is 1. The highest BCUT2D eigenvalue weighted by Crippen LogP contribution is 2.10. The van der Waals surface area contributed by atoms with Gasteiger partial charge < -0.3 is 10.6 Å². The van der Waals surface area contributed by atoms with Crippen LogP contribution in [0.15, 0.2) is 24.3 Å². The summed E-state index contributed by atoms with van der Waals surface area (Å²) in [6, 6.07) is 6.87. The number of hydrogen-bond acceptors (Lipinski definition) is 3. The van der Waals surface area contributed by atoms with E-state index in [1.807, 2.05) is 41.5 Å². The van der Waals surface area contributed by atoms with Crippen LogP contribution in [0.25, 0.3) is 0 Å². The fraction of sp³-hybridized carbons (Fsp3) is 0.385. The molecular weight excluding hydrogens is 266 g/mol. The Labute approximate surface area is 117 Å². The van der Waals surface area contributed by atoms with Gasteiger partial charge in [-0.05, 0) is 31.2 Å². The molecule has 1 aromatic rings. The van der Waals surface area contributed by atoms with Crippen molar-refractivity contribution >= 4 is 23.5 Å². The van der Waals surface area contributed by atoms with Crippen LogP contribution in [-0.4, -0.2) is 37.0 Å². The summed E-state index contributed by atoms with van der Waals surface area (Å²) in [5.74, 6) is -0.356. The molecular formula is C13H18ClN3O2. The van der Waals surface area contributed by atoms with E-state index in [1.54, 1.807) is 0 Å². The average Bonchev–Trinajstić information content (AvgIpc) is 2.35. The third-order valence-electron chi connectivity index (χ3n) is 2.68.